The van der Waals surface area contributed by atoms with Crippen LogP contribution in [0.25, 0.3) is 0 Å². The first-order valence-electron chi connectivity index (χ1n) is 7.31. The van der Waals surface area contributed by atoms with Crippen LogP contribution in [-0.2, 0) is 6.54 Å². The fraction of sp³-hybridized carbons (Fsp3) is 0.0625. The minimum Gasteiger partial charge on any atom is -0.365 e. The number of hydrogen-bond donors (Lipinski definition) is 2. The minimum absolute atomic E-state index is 0.0770. The number of anilines is 2. The first kappa shape index (κ1) is 16.1. The van der Waals surface area contributed by atoms with E-state index in [1.807, 2.05) is 30.3 Å². The second-order valence-electron chi connectivity index (χ2n) is 5.22. The van der Waals surface area contributed by atoms with Crippen molar-refractivity contribution in [3.05, 3.63) is 76.1 Å². The van der Waals surface area contributed by atoms with E-state index in [2.05, 4.69) is 15.4 Å². The maximum absolute atomic E-state index is 11.5. The first-order valence-corrected chi connectivity index (χ1v) is 7.31. The van der Waals surface area contributed by atoms with Crippen molar-refractivity contribution in [1.29, 1.82) is 0 Å². The molecule has 0 spiro atoms. The van der Waals surface area contributed by atoms with Gasteiger partial charge < -0.3 is 11.1 Å². The molecule has 25 heavy (non-hydrogen) atoms. The topological polar surface area (TPSA) is 129 Å². The number of nitrogens with zero attached hydrogens (tertiary/aromatic N) is 4. The van der Waals surface area contributed by atoms with Crippen molar-refractivity contribution in [3.8, 4) is 0 Å². The quantitative estimate of drug-likeness (QED) is 0.523. The van der Waals surface area contributed by atoms with E-state index >= 15 is 0 Å². The fourth-order valence-corrected chi connectivity index (χ4v) is 2.25. The van der Waals surface area contributed by atoms with E-state index in [0.29, 0.717) is 12.4 Å². The summed E-state index contributed by atoms with van der Waals surface area (Å²) in [5.41, 5.74) is 5.98. The Morgan fingerprint density at radius 2 is 2.04 bits per heavy atom. The minimum atomic E-state index is -0.817. The van der Waals surface area contributed by atoms with Crippen LogP contribution in [0.15, 0.2) is 54.9 Å². The third kappa shape index (κ3) is 3.78. The molecule has 9 nitrogen and oxygen atoms in total. The predicted molar refractivity (Wildman–Crippen MR) is 90.5 cm³/mol. The van der Waals surface area contributed by atoms with Gasteiger partial charge in [-0.25, -0.2) is 4.98 Å². The summed E-state index contributed by atoms with van der Waals surface area (Å²) in [5, 5.41) is 18.0. The van der Waals surface area contributed by atoms with Gasteiger partial charge in [0.1, 0.15) is 12.0 Å². The second-order valence-corrected chi connectivity index (χ2v) is 5.22. The third-order valence-corrected chi connectivity index (χ3v) is 3.42. The molecule has 0 aliphatic carbocycles. The maximum atomic E-state index is 11.5. The van der Waals surface area contributed by atoms with Gasteiger partial charge in [-0.2, -0.15) is 5.10 Å². The summed E-state index contributed by atoms with van der Waals surface area (Å²) >= 11 is 0. The van der Waals surface area contributed by atoms with Gasteiger partial charge in [0.15, 0.2) is 5.82 Å². The van der Waals surface area contributed by atoms with Crippen molar-refractivity contribution in [2.75, 3.05) is 5.32 Å². The zero-order chi connectivity index (χ0) is 17.8. The molecule has 0 fully saturated rings. The molecule has 0 bridgehead atoms. The molecule has 1 aromatic carbocycles. The summed E-state index contributed by atoms with van der Waals surface area (Å²) in [6.07, 6.45) is 2.82. The Hall–Kier alpha value is -3.75. The van der Waals surface area contributed by atoms with Crippen LogP contribution in [0.5, 0.6) is 0 Å². The third-order valence-electron chi connectivity index (χ3n) is 3.42. The van der Waals surface area contributed by atoms with Gasteiger partial charge in [-0.3, -0.25) is 19.6 Å². The number of carbonyl (C=O) groups is 1. The number of nitro groups is 1. The van der Waals surface area contributed by atoms with Crippen molar-refractivity contribution in [2.45, 2.75) is 6.54 Å². The van der Waals surface area contributed by atoms with E-state index in [1.165, 1.54) is 0 Å². The van der Waals surface area contributed by atoms with Crippen molar-refractivity contribution in [3.63, 3.8) is 0 Å². The molecule has 1 amide bonds. The van der Waals surface area contributed by atoms with Gasteiger partial charge in [-0.05, 0) is 5.56 Å². The second kappa shape index (κ2) is 6.79. The summed E-state index contributed by atoms with van der Waals surface area (Å²) in [6, 6.07) is 12.6. The molecule has 0 aliphatic heterocycles. The number of hydrogen-bond acceptors (Lipinski definition) is 6. The highest BCUT2D eigenvalue weighted by Crippen LogP contribution is 2.21. The maximum Gasteiger partial charge on any atom is 0.288 e. The average molecular weight is 338 g/mol. The van der Waals surface area contributed by atoms with Crippen LogP contribution < -0.4 is 11.1 Å². The number of primary amides is 1. The van der Waals surface area contributed by atoms with Crippen LogP contribution in [0.3, 0.4) is 0 Å². The summed E-state index contributed by atoms with van der Waals surface area (Å²) in [4.78, 5) is 25.6. The van der Waals surface area contributed by atoms with Crippen LogP contribution in [-0.4, -0.2) is 25.6 Å². The molecule has 0 saturated heterocycles. The highest BCUT2D eigenvalue weighted by atomic mass is 16.6. The van der Waals surface area contributed by atoms with Gasteiger partial charge in [-0.15, -0.1) is 0 Å². The van der Waals surface area contributed by atoms with E-state index in [9.17, 15) is 14.9 Å². The molecule has 0 unspecified atom stereocenters. The van der Waals surface area contributed by atoms with Gasteiger partial charge >= 0.3 is 0 Å². The number of pyridine rings is 1. The van der Waals surface area contributed by atoms with Crippen LogP contribution >= 0.6 is 0 Å². The predicted octanol–water partition coefficient (Wildman–Crippen LogP) is 2.08. The highest BCUT2D eigenvalue weighted by Gasteiger charge is 2.17. The number of carbonyl (C=O) groups excluding carboxylic acids is 1. The number of nitrogens with two attached hydrogens (primary N) is 1. The van der Waals surface area contributed by atoms with E-state index in [0.717, 1.165) is 17.8 Å². The van der Waals surface area contributed by atoms with Gasteiger partial charge in [-0.1, -0.05) is 30.3 Å². The molecule has 9 heteroatoms. The first-order chi connectivity index (χ1) is 12.0. The monoisotopic (exact) mass is 338 g/mol. The lowest BCUT2D eigenvalue weighted by molar-refractivity contribution is -0.385. The normalized spacial score (nSPS) is 10.4. The molecular weight excluding hydrogens is 324 g/mol. The summed E-state index contributed by atoms with van der Waals surface area (Å²) in [7, 11) is 0. The standard InChI is InChI=1S/C16H14N6O3/c17-15(23)13-8-12(22(24)25)9-18-16(13)19-14-6-7-21(20-14)10-11-4-2-1-3-5-11/h1-9H,10H2,(H2,17,23)(H,18,19,20). The van der Waals surface area contributed by atoms with Crippen molar-refractivity contribution >= 4 is 23.2 Å². The Labute approximate surface area is 142 Å². The van der Waals surface area contributed by atoms with E-state index in [1.54, 1.807) is 16.9 Å². The Kier molecular flexibility index (Phi) is 4.38. The Morgan fingerprint density at radius 1 is 1.28 bits per heavy atom. The van der Waals surface area contributed by atoms with Crippen LogP contribution in [0.1, 0.15) is 15.9 Å². The largest absolute Gasteiger partial charge is 0.365 e. The summed E-state index contributed by atoms with van der Waals surface area (Å²) in [5.74, 6) is -0.259. The lowest BCUT2D eigenvalue weighted by Crippen LogP contribution is -2.15. The molecule has 0 saturated carbocycles. The number of aromatic nitrogens is 3. The highest BCUT2D eigenvalue weighted by molar-refractivity contribution is 5.98. The number of amides is 1. The molecule has 3 rings (SSSR count). The summed E-state index contributed by atoms with van der Waals surface area (Å²) < 4.78 is 1.72. The zero-order valence-corrected chi connectivity index (χ0v) is 13.0. The molecule has 0 aliphatic rings. The van der Waals surface area contributed by atoms with Crippen molar-refractivity contribution in [2.24, 2.45) is 5.73 Å². The lowest BCUT2D eigenvalue weighted by Gasteiger charge is -2.06. The molecule has 126 valence electrons. The van der Waals surface area contributed by atoms with E-state index in [4.69, 9.17) is 5.73 Å². The average Bonchev–Trinajstić information content (AvgIpc) is 3.02. The fourth-order valence-electron chi connectivity index (χ4n) is 2.25. The van der Waals surface area contributed by atoms with Gasteiger partial charge in [0.2, 0.25) is 0 Å². The van der Waals surface area contributed by atoms with E-state index < -0.39 is 10.8 Å². The van der Waals surface area contributed by atoms with Crippen molar-refractivity contribution < 1.29 is 9.72 Å². The summed E-state index contributed by atoms with van der Waals surface area (Å²) in [6.45, 7) is 0.582. The molecule has 0 radical (unpaired) electrons. The Morgan fingerprint density at radius 3 is 2.72 bits per heavy atom. The lowest BCUT2D eigenvalue weighted by atomic mass is 10.2. The molecule has 0 atom stereocenters. The van der Waals surface area contributed by atoms with Gasteiger partial charge in [0, 0.05) is 18.3 Å². The molecule has 3 N–H and O–H groups in total. The Balaban J connectivity index is 1.81. The van der Waals surface area contributed by atoms with Crippen LogP contribution in [0.2, 0.25) is 0 Å². The number of rotatable bonds is 6. The van der Waals surface area contributed by atoms with Crippen LogP contribution in [0, 0.1) is 10.1 Å². The SMILES string of the molecule is NC(=O)c1cc([N+](=O)[O-])cnc1Nc1ccn(Cc2ccccc2)n1. The zero-order valence-electron chi connectivity index (χ0n) is 13.0. The van der Waals surface area contributed by atoms with E-state index in [-0.39, 0.29) is 17.1 Å². The smallest absolute Gasteiger partial charge is 0.288 e. The van der Waals surface area contributed by atoms with Gasteiger partial charge in [0.05, 0.1) is 17.0 Å². The Bertz CT molecular complexity index is 923. The van der Waals surface area contributed by atoms with Gasteiger partial charge in [0.25, 0.3) is 11.6 Å². The molecule has 2 aromatic heterocycles. The van der Waals surface area contributed by atoms with Crippen LogP contribution in [0.4, 0.5) is 17.3 Å². The molecule has 2 heterocycles. The molecule has 3 aromatic rings. The number of nitrogens with one attached hydrogen (secondary N) is 1. The number of benzene rings is 1. The molecular formula is C16H14N6O3. The van der Waals surface area contributed by atoms with Crippen molar-refractivity contribution in [1.82, 2.24) is 14.8 Å².